The second-order valence-corrected chi connectivity index (χ2v) is 8.39. The fraction of sp³-hybridized carbons (Fsp3) is 0.524. The van der Waals surface area contributed by atoms with Gasteiger partial charge < -0.3 is 0 Å². The predicted octanol–water partition coefficient (Wildman–Crippen LogP) is 5.35. The summed E-state index contributed by atoms with van der Waals surface area (Å²) in [6, 6.07) is 9.74. The van der Waals surface area contributed by atoms with Gasteiger partial charge in [-0.2, -0.15) is 0 Å². The zero-order valence-electron chi connectivity index (χ0n) is 14.1. The Balaban J connectivity index is 1.78. The van der Waals surface area contributed by atoms with Gasteiger partial charge in [0.25, 0.3) is 0 Å². The molecule has 1 unspecified atom stereocenters. The number of hydrogen-bond acceptors (Lipinski definition) is 2. The zero-order chi connectivity index (χ0) is 15.6. The number of fused-ring (bicyclic) bond motifs is 1. The average Bonchev–Trinajstić information content (AvgIpc) is 2.57. The third kappa shape index (κ3) is 3.16. The number of benzene rings is 1. The van der Waals surface area contributed by atoms with Crippen molar-refractivity contribution in [2.45, 2.75) is 45.1 Å². The molecule has 1 saturated heterocycles. The molecule has 4 rings (SSSR count). The molecule has 0 aromatic heterocycles. The molecule has 0 bridgehead atoms. The highest BCUT2D eigenvalue weighted by molar-refractivity contribution is 8.03. The van der Waals surface area contributed by atoms with E-state index in [2.05, 4.69) is 60.0 Å². The van der Waals surface area contributed by atoms with Gasteiger partial charge in [-0.1, -0.05) is 43.3 Å². The van der Waals surface area contributed by atoms with Gasteiger partial charge in [0.15, 0.2) is 0 Å². The molecule has 122 valence electrons. The van der Waals surface area contributed by atoms with Gasteiger partial charge in [-0.05, 0) is 67.8 Å². The zero-order valence-corrected chi connectivity index (χ0v) is 14.9. The minimum atomic E-state index is 0.520. The molecule has 1 aromatic rings. The highest BCUT2D eigenvalue weighted by Crippen LogP contribution is 2.43. The SMILES string of the molecule is CC1CCN(C2C3=C(C=CCC3)SCCc3ccccc32)CC1. The molecule has 23 heavy (non-hydrogen) atoms. The summed E-state index contributed by atoms with van der Waals surface area (Å²) >= 11 is 2.08. The maximum absolute atomic E-state index is 2.78. The Morgan fingerprint density at radius 2 is 1.91 bits per heavy atom. The Labute approximate surface area is 144 Å². The van der Waals surface area contributed by atoms with Crippen molar-refractivity contribution in [3.63, 3.8) is 0 Å². The number of thioether (sulfide) groups is 1. The van der Waals surface area contributed by atoms with E-state index in [1.807, 2.05) is 0 Å². The van der Waals surface area contributed by atoms with Crippen LogP contribution in [0, 0.1) is 5.92 Å². The van der Waals surface area contributed by atoms with Crippen LogP contribution in [0.3, 0.4) is 0 Å². The summed E-state index contributed by atoms with van der Waals surface area (Å²) in [7, 11) is 0. The lowest BCUT2D eigenvalue weighted by atomic mass is 9.86. The Morgan fingerprint density at radius 1 is 1.09 bits per heavy atom. The maximum atomic E-state index is 2.78. The highest BCUT2D eigenvalue weighted by Gasteiger charge is 2.31. The van der Waals surface area contributed by atoms with E-state index in [4.69, 9.17) is 0 Å². The van der Waals surface area contributed by atoms with Crippen molar-refractivity contribution in [1.82, 2.24) is 4.90 Å². The highest BCUT2D eigenvalue weighted by atomic mass is 32.2. The molecule has 1 atom stereocenters. The summed E-state index contributed by atoms with van der Waals surface area (Å²) in [6.45, 7) is 4.92. The average molecular weight is 326 g/mol. The predicted molar refractivity (Wildman–Crippen MR) is 101 cm³/mol. The monoisotopic (exact) mass is 325 g/mol. The summed E-state index contributed by atoms with van der Waals surface area (Å²) < 4.78 is 0. The van der Waals surface area contributed by atoms with Crippen LogP contribution in [0.15, 0.2) is 46.9 Å². The van der Waals surface area contributed by atoms with Crippen LogP contribution >= 0.6 is 11.8 Å². The first kappa shape index (κ1) is 15.5. The van der Waals surface area contributed by atoms with Crippen LogP contribution in [0.2, 0.25) is 0 Å². The minimum Gasteiger partial charge on any atom is -0.293 e. The molecule has 2 aliphatic heterocycles. The molecule has 0 saturated carbocycles. The quantitative estimate of drug-likeness (QED) is 0.684. The van der Waals surface area contributed by atoms with Gasteiger partial charge in [0.05, 0.1) is 6.04 Å². The lowest BCUT2D eigenvalue weighted by Crippen LogP contribution is -2.38. The largest absolute Gasteiger partial charge is 0.293 e. The summed E-state index contributed by atoms with van der Waals surface area (Å²) in [5, 5.41) is 0. The van der Waals surface area contributed by atoms with E-state index >= 15 is 0 Å². The third-order valence-electron chi connectivity index (χ3n) is 5.66. The second-order valence-electron chi connectivity index (χ2n) is 7.25. The normalized spacial score (nSPS) is 26.4. The molecular formula is C21H27NS. The maximum Gasteiger partial charge on any atom is 0.0577 e. The first-order valence-corrected chi connectivity index (χ1v) is 10.2. The van der Waals surface area contributed by atoms with Crippen LogP contribution < -0.4 is 0 Å². The van der Waals surface area contributed by atoms with Crippen LogP contribution in [0.5, 0.6) is 0 Å². The van der Waals surface area contributed by atoms with Crippen LogP contribution in [0.25, 0.3) is 0 Å². The van der Waals surface area contributed by atoms with Gasteiger partial charge in [-0.3, -0.25) is 4.90 Å². The second kappa shape index (κ2) is 6.86. The van der Waals surface area contributed by atoms with Gasteiger partial charge in [0, 0.05) is 10.7 Å². The lowest BCUT2D eigenvalue weighted by molar-refractivity contribution is 0.153. The molecule has 0 spiro atoms. The van der Waals surface area contributed by atoms with Gasteiger partial charge >= 0.3 is 0 Å². The standard InChI is InChI=1S/C21H27NS/c1-16-10-13-22(14-11-16)21-18-7-3-2-6-17(18)12-15-23-20-9-5-4-8-19(20)21/h2-3,5-7,9,16,21H,4,8,10-15H2,1H3. The first-order chi connectivity index (χ1) is 11.3. The van der Waals surface area contributed by atoms with Gasteiger partial charge in [0.1, 0.15) is 0 Å². The van der Waals surface area contributed by atoms with Crippen LogP contribution in [0.4, 0.5) is 0 Å². The molecule has 0 radical (unpaired) electrons. The number of nitrogens with zero attached hydrogens (tertiary/aromatic N) is 1. The van der Waals surface area contributed by atoms with Crippen molar-refractivity contribution in [3.8, 4) is 0 Å². The third-order valence-corrected chi connectivity index (χ3v) is 6.78. The summed E-state index contributed by atoms with van der Waals surface area (Å²) in [5.41, 5.74) is 4.86. The van der Waals surface area contributed by atoms with E-state index < -0.39 is 0 Å². The van der Waals surface area contributed by atoms with E-state index in [1.54, 1.807) is 21.6 Å². The number of aryl methyl sites for hydroxylation is 1. The smallest absolute Gasteiger partial charge is 0.0577 e. The molecule has 2 heteroatoms. The van der Waals surface area contributed by atoms with E-state index in [1.165, 1.54) is 50.9 Å². The summed E-state index contributed by atoms with van der Waals surface area (Å²) in [5.74, 6) is 2.10. The molecule has 1 aliphatic carbocycles. The van der Waals surface area contributed by atoms with Crippen molar-refractivity contribution in [2.75, 3.05) is 18.8 Å². The van der Waals surface area contributed by atoms with Crippen molar-refractivity contribution >= 4 is 11.8 Å². The summed E-state index contributed by atoms with van der Waals surface area (Å²) in [6.07, 6.45) is 11.1. The minimum absolute atomic E-state index is 0.520. The van der Waals surface area contributed by atoms with Crippen molar-refractivity contribution in [2.24, 2.45) is 5.92 Å². The van der Waals surface area contributed by atoms with E-state index in [9.17, 15) is 0 Å². The Morgan fingerprint density at radius 3 is 2.78 bits per heavy atom. The summed E-state index contributed by atoms with van der Waals surface area (Å²) in [4.78, 5) is 4.34. The van der Waals surface area contributed by atoms with Crippen molar-refractivity contribution < 1.29 is 0 Å². The van der Waals surface area contributed by atoms with Gasteiger partial charge in [0.2, 0.25) is 0 Å². The van der Waals surface area contributed by atoms with E-state index in [0.717, 1.165) is 5.92 Å². The van der Waals surface area contributed by atoms with Crippen LogP contribution in [-0.4, -0.2) is 23.7 Å². The topological polar surface area (TPSA) is 3.24 Å². The molecule has 3 aliphatic rings. The fourth-order valence-electron chi connectivity index (χ4n) is 4.26. The first-order valence-electron chi connectivity index (χ1n) is 9.17. The number of likely N-dealkylation sites (tertiary alicyclic amines) is 1. The number of hydrogen-bond donors (Lipinski definition) is 0. The molecule has 2 heterocycles. The Hall–Kier alpha value is -0.990. The number of allylic oxidation sites excluding steroid dienone is 2. The van der Waals surface area contributed by atoms with E-state index in [-0.39, 0.29) is 0 Å². The molecular weight excluding hydrogens is 298 g/mol. The van der Waals surface area contributed by atoms with E-state index in [0.29, 0.717) is 6.04 Å². The van der Waals surface area contributed by atoms with Crippen LogP contribution in [-0.2, 0) is 6.42 Å². The Bertz CT molecular complexity index is 622. The van der Waals surface area contributed by atoms with Gasteiger partial charge in [-0.25, -0.2) is 0 Å². The van der Waals surface area contributed by atoms with Crippen molar-refractivity contribution in [3.05, 3.63) is 58.0 Å². The number of piperidine rings is 1. The fourth-order valence-corrected chi connectivity index (χ4v) is 5.40. The Kier molecular flexibility index (Phi) is 4.64. The van der Waals surface area contributed by atoms with Crippen molar-refractivity contribution in [1.29, 1.82) is 0 Å². The lowest BCUT2D eigenvalue weighted by Gasteiger charge is -2.41. The number of rotatable bonds is 1. The molecule has 0 amide bonds. The molecule has 1 fully saturated rings. The van der Waals surface area contributed by atoms with Gasteiger partial charge in [-0.15, -0.1) is 11.8 Å². The molecule has 0 N–H and O–H groups in total. The molecule has 1 aromatic carbocycles. The van der Waals surface area contributed by atoms with Crippen LogP contribution in [0.1, 0.15) is 49.8 Å². The molecule has 1 nitrogen and oxygen atoms in total.